The molecule has 2 atom stereocenters. The molecule has 1 aromatic heterocycles. The highest BCUT2D eigenvalue weighted by Crippen LogP contribution is 2.30. The number of carbonyl (C=O) groups is 1. The number of fused-ring (bicyclic) bond motifs is 1. The molecule has 1 amide bonds. The number of nitrogens with zero attached hydrogens (tertiary/aromatic N) is 2. The molecule has 1 saturated carbocycles. The maximum Gasteiger partial charge on any atom is 0.227 e. The first-order valence-corrected chi connectivity index (χ1v) is 9.22. The number of nitrogens with one attached hydrogen (secondary N) is 1. The number of benzene rings is 2. The van der Waals surface area contributed by atoms with E-state index in [-0.39, 0.29) is 48.5 Å². The molecule has 0 aliphatic heterocycles. The summed E-state index contributed by atoms with van der Waals surface area (Å²) in [4.78, 5) is 17.2. The molecule has 5 nitrogen and oxygen atoms in total. The first-order chi connectivity index (χ1) is 12.9. The summed E-state index contributed by atoms with van der Waals surface area (Å²) in [7, 11) is 1.90. The minimum atomic E-state index is -0.307. The molecule has 8 heteroatoms. The second kappa shape index (κ2) is 9.11. The summed E-state index contributed by atoms with van der Waals surface area (Å²) in [6.45, 7) is 1.96. The van der Waals surface area contributed by atoms with Gasteiger partial charge < -0.3 is 15.6 Å². The van der Waals surface area contributed by atoms with E-state index in [1.54, 1.807) is 6.07 Å². The SMILES string of the molecule is Cc1ccc(-c2nc3cc(F)ccc3n2C)cc1NC(=O)C1CCC(N)C1.Cl.Cl. The summed E-state index contributed by atoms with van der Waals surface area (Å²) in [5.41, 5.74) is 10.0. The molecule has 1 aliphatic carbocycles. The fraction of sp³-hybridized carbons (Fsp3) is 0.333. The zero-order valence-corrected chi connectivity index (χ0v) is 17.9. The summed E-state index contributed by atoms with van der Waals surface area (Å²) < 4.78 is 15.4. The van der Waals surface area contributed by atoms with E-state index in [0.29, 0.717) is 5.52 Å². The topological polar surface area (TPSA) is 72.9 Å². The third kappa shape index (κ3) is 4.55. The van der Waals surface area contributed by atoms with Gasteiger partial charge in [-0.3, -0.25) is 4.79 Å². The van der Waals surface area contributed by atoms with E-state index in [1.807, 2.05) is 36.7 Å². The zero-order chi connectivity index (χ0) is 19.1. The molecule has 1 fully saturated rings. The van der Waals surface area contributed by atoms with Gasteiger partial charge >= 0.3 is 0 Å². The summed E-state index contributed by atoms with van der Waals surface area (Å²) in [5.74, 6) is 0.421. The second-order valence-corrected chi connectivity index (χ2v) is 7.42. The van der Waals surface area contributed by atoms with Crippen LogP contribution in [0.3, 0.4) is 0 Å². The van der Waals surface area contributed by atoms with Gasteiger partial charge in [0.05, 0.1) is 11.0 Å². The lowest BCUT2D eigenvalue weighted by atomic mass is 10.1. The lowest BCUT2D eigenvalue weighted by Gasteiger charge is -2.14. The van der Waals surface area contributed by atoms with Crippen LogP contribution in [0, 0.1) is 18.7 Å². The van der Waals surface area contributed by atoms with E-state index in [4.69, 9.17) is 5.73 Å². The number of rotatable bonds is 3. The van der Waals surface area contributed by atoms with Crippen LogP contribution in [-0.4, -0.2) is 21.5 Å². The van der Waals surface area contributed by atoms with Gasteiger partial charge in [0, 0.05) is 36.3 Å². The summed E-state index contributed by atoms with van der Waals surface area (Å²) in [5, 5.41) is 3.05. The van der Waals surface area contributed by atoms with E-state index in [1.165, 1.54) is 12.1 Å². The smallest absolute Gasteiger partial charge is 0.227 e. The number of anilines is 1. The van der Waals surface area contributed by atoms with Crippen molar-refractivity contribution in [3.63, 3.8) is 0 Å². The monoisotopic (exact) mass is 438 g/mol. The first-order valence-electron chi connectivity index (χ1n) is 9.22. The van der Waals surface area contributed by atoms with E-state index >= 15 is 0 Å². The van der Waals surface area contributed by atoms with Crippen molar-refractivity contribution in [2.75, 3.05) is 5.32 Å². The lowest BCUT2D eigenvalue weighted by Crippen LogP contribution is -2.23. The van der Waals surface area contributed by atoms with Crippen molar-refractivity contribution >= 4 is 47.4 Å². The van der Waals surface area contributed by atoms with Crippen LogP contribution in [0.25, 0.3) is 22.4 Å². The van der Waals surface area contributed by atoms with Crippen molar-refractivity contribution in [2.24, 2.45) is 18.7 Å². The summed E-state index contributed by atoms with van der Waals surface area (Å²) in [6, 6.07) is 10.6. The third-order valence-corrected chi connectivity index (χ3v) is 5.44. The molecule has 2 unspecified atom stereocenters. The Balaban J connectivity index is 0.00000150. The average Bonchev–Trinajstić information content (AvgIpc) is 3.20. The Hall–Kier alpha value is -2.15. The second-order valence-electron chi connectivity index (χ2n) is 7.42. The molecule has 0 radical (unpaired) electrons. The van der Waals surface area contributed by atoms with Gasteiger partial charge in [-0.15, -0.1) is 24.8 Å². The van der Waals surface area contributed by atoms with Crippen molar-refractivity contribution in [2.45, 2.75) is 32.2 Å². The highest BCUT2D eigenvalue weighted by atomic mass is 35.5. The molecule has 0 bridgehead atoms. The van der Waals surface area contributed by atoms with Gasteiger partial charge in [-0.05, 0) is 49.9 Å². The van der Waals surface area contributed by atoms with Crippen molar-refractivity contribution in [1.82, 2.24) is 9.55 Å². The van der Waals surface area contributed by atoms with Crippen LogP contribution in [0.1, 0.15) is 24.8 Å². The van der Waals surface area contributed by atoms with Crippen molar-refractivity contribution in [3.05, 3.63) is 47.8 Å². The Labute approximate surface area is 181 Å². The third-order valence-electron chi connectivity index (χ3n) is 5.44. The molecule has 0 spiro atoms. The van der Waals surface area contributed by atoms with Crippen molar-refractivity contribution in [1.29, 1.82) is 0 Å². The number of amides is 1. The van der Waals surface area contributed by atoms with Crippen LogP contribution < -0.4 is 11.1 Å². The quantitative estimate of drug-likeness (QED) is 0.627. The number of carbonyl (C=O) groups excluding carboxylic acids is 1. The molecular weight excluding hydrogens is 414 g/mol. The maximum absolute atomic E-state index is 13.5. The summed E-state index contributed by atoms with van der Waals surface area (Å²) >= 11 is 0. The molecule has 1 heterocycles. The van der Waals surface area contributed by atoms with Crippen LogP contribution in [0.2, 0.25) is 0 Å². The molecule has 3 aromatic rings. The largest absolute Gasteiger partial charge is 0.328 e. The highest BCUT2D eigenvalue weighted by molar-refractivity contribution is 5.94. The Bertz CT molecular complexity index is 1040. The average molecular weight is 439 g/mol. The van der Waals surface area contributed by atoms with E-state index in [2.05, 4.69) is 10.3 Å². The fourth-order valence-electron chi connectivity index (χ4n) is 3.82. The van der Waals surface area contributed by atoms with Gasteiger partial charge in [0.1, 0.15) is 11.6 Å². The Morgan fingerprint density at radius 2 is 1.97 bits per heavy atom. The molecule has 156 valence electrons. The van der Waals surface area contributed by atoms with Crippen LogP contribution >= 0.6 is 24.8 Å². The van der Waals surface area contributed by atoms with Gasteiger partial charge in [0.15, 0.2) is 0 Å². The van der Waals surface area contributed by atoms with Crippen molar-refractivity contribution in [3.8, 4) is 11.4 Å². The Kier molecular flexibility index (Phi) is 7.27. The predicted molar refractivity (Wildman–Crippen MR) is 119 cm³/mol. The van der Waals surface area contributed by atoms with E-state index in [9.17, 15) is 9.18 Å². The number of hydrogen-bond acceptors (Lipinski definition) is 3. The van der Waals surface area contributed by atoms with Crippen LogP contribution in [-0.2, 0) is 11.8 Å². The molecule has 0 saturated heterocycles. The van der Waals surface area contributed by atoms with Gasteiger partial charge in [0.25, 0.3) is 0 Å². The van der Waals surface area contributed by atoms with Gasteiger partial charge in [-0.1, -0.05) is 12.1 Å². The first kappa shape index (κ1) is 23.1. The Morgan fingerprint density at radius 3 is 2.66 bits per heavy atom. The number of halogens is 3. The minimum Gasteiger partial charge on any atom is -0.328 e. The predicted octanol–water partition coefficient (Wildman–Crippen LogP) is 4.60. The van der Waals surface area contributed by atoms with Crippen LogP contribution in [0.5, 0.6) is 0 Å². The van der Waals surface area contributed by atoms with Crippen LogP contribution in [0.15, 0.2) is 36.4 Å². The van der Waals surface area contributed by atoms with E-state index < -0.39 is 0 Å². The molecule has 29 heavy (non-hydrogen) atoms. The van der Waals surface area contributed by atoms with Crippen molar-refractivity contribution < 1.29 is 9.18 Å². The highest BCUT2D eigenvalue weighted by Gasteiger charge is 2.28. The van der Waals surface area contributed by atoms with Gasteiger partial charge in [-0.25, -0.2) is 9.37 Å². The number of imidazole rings is 1. The molecule has 4 rings (SSSR count). The number of hydrogen-bond donors (Lipinski definition) is 2. The number of nitrogens with two attached hydrogens (primary N) is 1. The lowest BCUT2D eigenvalue weighted by molar-refractivity contribution is -0.119. The van der Waals surface area contributed by atoms with Gasteiger partial charge in [0.2, 0.25) is 5.91 Å². The molecule has 2 aromatic carbocycles. The Morgan fingerprint density at radius 1 is 1.21 bits per heavy atom. The molecular formula is C21H25Cl2FN4O. The zero-order valence-electron chi connectivity index (χ0n) is 16.3. The summed E-state index contributed by atoms with van der Waals surface area (Å²) in [6.07, 6.45) is 2.47. The number of aryl methyl sites for hydroxylation is 2. The fourth-order valence-corrected chi connectivity index (χ4v) is 3.82. The molecule has 1 aliphatic rings. The van der Waals surface area contributed by atoms with Gasteiger partial charge in [-0.2, -0.15) is 0 Å². The van der Waals surface area contributed by atoms with Crippen LogP contribution in [0.4, 0.5) is 10.1 Å². The number of aromatic nitrogens is 2. The molecule has 3 N–H and O–H groups in total. The normalized spacial score (nSPS) is 18.2. The minimum absolute atomic E-state index is 0. The maximum atomic E-state index is 13.5. The standard InChI is InChI=1S/C21H23FN4O.2ClH/c1-12-3-4-13(10-17(12)25-21(27)14-5-7-16(23)9-14)20-24-18-11-15(22)6-8-19(18)26(20)2;;/h3-4,6,8,10-11,14,16H,5,7,9,23H2,1-2H3,(H,25,27);2*1H. The van der Waals surface area contributed by atoms with E-state index in [0.717, 1.165) is 47.4 Å².